The van der Waals surface area contributed by atoms with Crippen LogP contribution in [0.25, 0.3) is 10.9 Å². The van der Waals surface area contributed by atoms with Crippen LogP contribution in [-0.2, 0) is 11.3 Å². The van der Waals surface area contributed by atoms with Crippen molar-refractivity contribution >= 4 is 22.5 Å². The Kier molecular flexibility index (Phi) is 4.37. The van der Waals surface area contributed by atoms with Crippen LogP contribution in [0.2, 0.25) is 5.02 Å². The molecule has 6 nitrogen and oxygen atoms in total. The van der Waals surface area contributed by atoms with Crippen molar-refractivity contribution in [2.24, 2.45) is 0 Å². The van der Waals surface area contributed by atoms with Gasteiger partial charge in [0.2, 0.25) is 0 Å². The molecular formula is C15H16ClFN2O4. The number of fused-ring (bicyclic) bond motifs is 1. The number of aliphatic hydroxyl groups excluding tert-OH is 1. The first-order valence-corrected chi connectivity index (χ1v) is 7.61. The highest BCUT2D eigenvalue weighted by Crippen LogP contribution is 2.25. The molecule has 23 heavy (non-hydrogen) atoms. The van der Waals surface area contributed by atoms with Crippen LogP contribution in [0, 0.1) is 5.82 Å². The molecule has 1 unspecified atom stereocenters. The van der Waals surface area contributed by atoms with Crippen LogP contribution in [0.1, 0.15) is 12.8 Å². The summed E-state index contributed by atoms with van der Waals surface area (Å²) >= 11 is 5.71. The van der Waals surface area contributed by atoms with Gasteiger partial charge in [-0.2, -0.15) is 0 Å². The highest BCUT2D eigenvalue weighted by molar-refractivity contribution is 6.31. The van der Waals surface area contributed by atoms with Gasteiger partial charge in [0.1, 0.15) is 11.9 Å². The Hall–Kier alpha value is -1.54. The summed E-state index contributed by atoms with van der Waals surface area (Å²) in [6, 6.07) is 2.31. The standard InChI is InChI=1S/C15H16ClFN2O4/c16-10-5-9-12(6-11(10)17)18-8-19(14(9)21)7-13(20)15(22)1-3-23-4-2-15/h5-6,8,13,20,22H,1-4,7H2. The molecule has 1 aromatic carbocycles. The Labute approximate surface area is 136 Å². The van der Waals surface area contributed by atoms with Crippen molar-refractivity contribution in [2.75, 3.05) is 13.2 Å². The fourth-order valence-corrected chi connectivity index (χ4v) is 2.86. The Balaban J connectivity index is 1.93. The van der Waals surface area contributed by atoms with E-state index in [0.717, 1.165) is 6.07 Å². The number of aromatic nitrogens is 2. The number of aliphatic hydroxyl groups is 2. The quantitative estimate of drug-likeness (QED) is 0.872. The fraction of sp³-hybridized carbons (Fsp3) is 0.467. The van der Waals surface area contributed by atoms with Gasteiger partial charge in [-0.15, -0.1) is 0 Å². The molecule has 0 amide bonds. The molecule has 3 rings (SSSR count). The van der Waals surface area contributed by atoms with E-state index in [2.05, 4.69) is 4.98 Å². The van der Waals surface area contributed by atoms with Gasteiger partial charge in [-0.25, -0.2) is 9.37 Å². The molecule has 1 aliphatic heterocycles. The van der Waals surface area contributed by atoms with Crippen LogP contribution in [0.4, 0.5) is 4.39 Å². The lowest BCUT2D eigenvalue weighted by Crippen LogP contribution is -2.49. The third-order valence-corrected chi connectivity index (χ3v) is 4.50. The minimum Gasteiger partial charge on any atom is -0.388 e. The van der Waals surface area contributed by atoms with Crippen molar-refractivity contribution in [1.82, 2.24) is 9.55 Å². The minimum absolute atomic E-state index is 0.118. The maximum atomic E-state index is 13.4. The lowest BCUT2D eigenvalue weighted by Gasteiger charge is -2.36. The van der Waals surface area contributed by atoms with E-state index in [0.29, 0.717) is 26.1 Å². The molecule has 0 bridgehead atoms. The highest BCUT2D eigenvalue weighted by atomic mass is 35.5. The van der Waals surface area contributed by atoms with E-state index < -0.39 is 23.1 Å². The zero-order valence-corrected chi connectivity index (χ0v) is 13.0. The van der Waals surface area contributed by atoms with Crippen molar-refractivity contribution in [3.05, 3.63) is 39.7 Å². The van der Waals surface area contributed by atoms with E-state index in [4.69, 9.17) is 16.3 Å². The first-order chi connectivity index (χ1) is 10.9. The molecule has 0 spiro atoms. The van der Waals surface area contributed by atoms with E-state index in [1.54, 1.807) is 0 Å². The van der Waals surface area contributed by atoms with E-state index in [9.17, 15) is 19.4 Å². The van der Waals surface area contributed by atoms with Crippen LogP contribution in [-0.4, -0.2) is 44.7 Å². The Morgan fingerprint density at radius 2 is 2.13 bits per heavy atom. The van der Waals surface area contributed by atoms with Gasteiger partial charge < -0.3 is 14.9 Å². The number of halogens is 2. The summed E-state index contributed by atoms with van der Waals surface area (Å²) in [5.74, 6) is -0.652. The van der Waals surface area contributed by atoms with Crippen LogP contribution < -0.4 is 5.56 Å². The summed E-state index contributed by atoms with van der Waals surface area (Å²) in [5.41, 5.74) is -1.56. The summed E-state index contributed by atoms with van der Waals surface area (Å²) in [6.45, 7) is 0.591. The molecule has 124 valence electrons. The molecule has 1 fully saturated rings. The Morgan fingerprint density at radius 1 is 1.43 bits per heavy atom. The third-order valence-electron chi connectivity index (χ3n) is 4.21. The number of rotatable bonds is 3. The van der Waals surface area contributed by atoms with Crippen molar-refractivity contribution in [3.8, 4) is 0 Å². The highest BCUT2D eigenvalue weighted by Gasteiger charge is 2.37. The maximum absolute atomic E-state index is 13.4. The van der Waals surface area contributed by atoms with Gasteiger partial charge in [0.25, 0.3) is 5.56 Å². The zero-order chi connectivity index (χ0) is 16.6. The smallest absolute Gasteiger partial charge is 0.261 e. The first kappa shape index (κ1) is 16.3. The monoisotopic (exact) mass is 342 g/mol. The molecule has 8 heteroatoms. The molecule has 0 radical (unpaired) electrons. The molecule has 0 aliphatic carbocycles. The maximum Gasteiger partial charge on any atom is 0.261 e. The van der Waals surface area contributed by atoms with E-state index in [1.165, 1.54) is 17.0 Å². The average Bonchev–Trinajstić information content (AvgIpc) is 2.53. The number of hydrogen-bond donors (Lipinski definition) is 2. The normalized spacial score (nSPS) is 19.0. The van der Waals surface area contributed by atoms with Crippen LogP contribution >= 0.6 is 11.6 Å². The van der Waals surface area contributed by atoms with Crippen LogP contribution in [0.15, 0.2) is 23.3 Å². The predicted octanol–water partition coefficient (Wildman–Crippen LogP) is 1.09. The second-order valence-corrected chi connectivity index (χ2v) is 6.12. The summed E-state index contributed by atoms with van der Waals surface area (Å²) < 4.78 is 19.8. The topological polar surface area (TPSA) is 84.6 Å². The minimum atomic E-state index is -1.30. The summed E-state index contributed by atoms with van der Waals surface area (Å²) in [6.07, 6.45) is 0.672. The SMILES string of the molecule is O=c1c2cc(Cl)c(F)cc2ncn1CC(O)C1(O)CCOCC1. The van der Waals surface area contributed by atoms with Gasteiger partial charge >= 0.3 is 0 Å². The second-order valence-electron chi connectivity index (χ2n) is 5.72. The number of ether oxygens (including phenoxy) is 1. The molecule has 1 saturated heterocycles. The average molecular weight is 343 g/mol. The van der Waals surface area contributed by atoms with E-state index in [1.807, 2.05) is 0 Å². The zero-order valence-electron chi connectivity index (χ0n) is 12.2. The lowest BCUT2D eigenvalue weighted by molar-refractivity contribution is -0.136. The Morgan fingerprint density at radius 3 is 2.83 bits per heavy atom. The summed E-state index contributed by atoms with van der Waals surface area (Å²) in [5, 5.41) is 20.7. The first-order valence-electron chi connectivity index (χ1n) is 7.23. The molecule has 0 saturated carbocycles. The lowest BCUT2D eigenvalue weighted by atomic mass is 9.88. The molecule has 1 aromatic heterocycles. The third kappa shape index (κ3) is 3.10. The van der Waals surface area contributed by atoms with Crippen LogP contribution in [0.3, 0.4) is 0 Å². The van der Waals surface area contributed by atoms with Gasteiger partial charge in [0.05, 0.1) is 34.4 Å². The Bertz CT molecular complexity index is 789. The molecular weight excluding hydrogens is 327 g/mol. The number of nitrogens with zero attached hydrogens (tertiary/aromatic N) is 2. The van der Waals surface area contributed by atoms with Crippen molar-refractivity contribution in [1.29, 1.82) is 0 Å². The molecule has 2 heterocycles. The number of benzene rings is 1. The second kappa shape index (κ2) is 6.16. The molecule has 2 N–H and O–H groups in total. The van der Waals surface area contributed by atoms with E-state index in [-0.39, 0.29) is 22.5 Å². The number of hydrogen-bond acceptors (Lipinski definition) is 5. The van der Waals surface area contributed by atoms with Gasteiger partial charge in [-0.3, -0.25) is 9.36 Å². The predicted molar refractivity (Wildman–Crippen MR) is 82.0 cm³/mol. The van der Waals surface area contributed by atoms with E-state index >= 15 is 0 Å². The van der Waals surface area contributed by atoms with Gasteiger partial charge in [-0.05, 0) is 6.07 Å². The summed E-state index contributed by atoms with van der Waals surface area (Å²) in [4.78, 5) is 16.5. The van der Waals surface area contributed by atoms with Crippen molar-refractivity contribution in [3.63, 3.8) is 0 Å². The molecule has 2 aromatic rings. The fourth-order valence-electron chi connectivity index (χ4n) is 2.70. The van der Waals surface area contributed by atoms with Gasteiger partial charge in [0, 0.05) is 32.1 Å². The molecule has 1 aliphatic rings. The van der Waals surface area contributed by atoms with Crippen LogP contribution in [0.5, 0.6) is 0 Å². The van der Waals surface area contributed by atoms with Crippen molar-refractivity contribution < 1.29 is 19.3 Å². The van der Waals surface area contributed by atoms with Crippen molar-refractivity contribution in [2.45, 2.75) is 31.1 Å². The van der Waals surface area contributed by atoms with Gasteiger partial charge in [-0.1, -0.05) is 11.6 Å². The molecule has 1 atom stereocenters. The van der Waals surface area contributed by atoms with Gasteiger partial charge in [0.15, 0.2) is 0 Å². The largest absolute Gasteiger partial charge is 0.388 e. The summed E-state index contributed by atoms with van der Waals surface area (Å²) in [7, 11) is 0.